The molecule has 3 rings (SSSR count). The number of rotatable bonds is 6. The average molecular weight is 390 g/mol. The average Bonchev–Trinajstić information content (AvgIpc) is 3.21. The number of amides is 4. The third-order valence-corrected chi connectivity index (χ3v) is 5.54. The molecule has 0 bridgehead atoms. The summed E-state index contributed by atoms with van der Waals surface area (Å²) in [5.41, 5.74) is 0. The molecule has 0 unspecified atom stereocenters. The molecule has 1 aromatic rings. The SMILES string of the molecule is O=C(CN1CCC(C(=O)NCc2ccco2)CC1)NC(=O)NC1CCCCC1. The minimum atomic E-state index is -0.399. The van der Waals surface area contributed by atoms with Gasteiger partial charge in [-0.05, 0) is 50.9 Å². The first-order valence-electron chi connectivity index (χ1n) is 10.2. The Labute approximate surface area is 165 Å². The molecule has 0 spiro atoms. The zero-order valence-electron chi connectivity index (χ0n) is 16.2. The van der Waals surface area contributed by atoms with Crippen LogP contribution >= 0.6 is 0 Å². The van der Waals surface area contributed by atoms with Crippen molar-refractivity contribution < 1.29 is 18.8 Å². The molecule has 1 aliphatic heterocycles. The van der Waals surface area contributed by atoms with Crippen LogP contribution < -0.4 is 16.0 Å². The van der Waals surface area contributed by atoms with E-state index >= 15 is 0 Å². The van der Waals surface area contributed by atoms with E-state index in [1.54, 1.807) is 12.3 Å². The molecule has 0 aromatic carbocycles. The summed E-state index contributed by atoms with van der Waals surface area (Å²) in [6, 6.07) is 3.40. The minimum Gasteiger partial charge on any atom is -0.467 e. The zero-order chi connectivity index (χ0) is 19.8. The second-order valence-electron chi connectivity index (χ2n) is 7.70. The molecule has 4 amide bonds. The summed E-state index contributed by atoms with van der Waals surface area (Å²) >= 11 is 0. The first-order chi connectivity index (χ1) is 13.6. The van der Waals surface area contributed by atoms with Crippen LogP contribution in [0.4, 0.5) is 4.79 Å². The summed E-state index contributed by atoms with van der Waals surface area (Å²) in [4.78, 5) is 38.3. The number of furan rings is 1. The Bertz CT molecular complexity index is 647. The van der Waals surface area contributed by atoms with Gasteiger partial charge in [-0.1, -0.05) is 19.3 Å². The van der Waals surface area contributed by atoms with Crippen LogP contribution in [0.25, 0.3) is 0 Å². The minimum absolute atomic E-state index is 0.0207. The first kappa shape index (κ1) is 20.4. The number of piperidine rings is 1. The van der Waals surface area contributed by atoms with Gasteiger partial charge in [-0.3, -0.25) is 19.8 Å². The molecular weight excluding hydrogens is 360 g/mol. The zero-order valence-corrected chi connectivity index (χ0v) is 16.2. The molecule has 2 fully saturated rings. The Hall–Kier alpha value is -2.35. The van der Waals surface area contributed by atoms with Crippen molar-refractivity contribution in [2.75, 3.05) is 19.6 Å². The molecule has 0 atom stereocenters. The molecule has 154 valence electrons. The number of carbonyl (C=O) groups excluding carboxylic acids is 3. The van der Waals surface area contributed by atoms with E-state index in [0.717, 1.165) is 31.4 Å². The Balaban J connectivity index is 1.31. The van der Waals surface area contributed by atoms with E-state index in [-0.39, 0.29) is 30.3 Å². The number of likely N-dealkylation sites (tertiary alicyclic amines) is 1. The first-order valence-corrected chi connectivity index (χ1v) is 10.2. The van der Waals surface area contributed by atoms with Crippen molar-refractivity contribution in [1.29, 1.82) is 0 Å². The standard InChI is InChI=1S/C20H30N4O4/c25-18(23-20(27)22-16-5-2-1-3-6-16)14-24-10-8-15(9-11-24)19(26)21-13-17-7-4-12-28-17/h4,7,12,15-16H,1-3,5-6,8-11,13-14H2,(H,21,26)(H2,22,23,25,27). The van der Waals surface area contributed by atoms with Crippen molar-refractivity contribution in [2.45, 2.75) is 57.5 Å². The summed E-state index contributed by atoms with van der Waals surface area (Å²) < 4.78 is 5.21. The molecule has 3 N–H and O–H groups in total. The number of carbonyl (C=O) groups is 3. The topological polar surface area (TPSA) is 104 Å². The molecule has 28 heavy (non-hydrogen) atoms. The highest BCUT2D eigenvalue weighted by Gasteiger charge is 2.26. The summed E-state index contributed by atoms with van der Waals surface area (Å²) in [5.74, 6) is 0.402. The Kier molecular flexibility index (Phi) is 7.47. The van der Waals surface area contributed by atoms with Crippen LogP contribution in [-0.2, 0) is 16.1 Å². The lowest BCUT2D eigenvalue weighted by Crippen LogP contribution is -2.49. The van der Waals surface area contributed by atoms with Gasteiger partial charge in [-0.25, -0.2) is 4.79 Å². The highest BCUT2D eigenvalue weighted by molar-refractivity contribution is 5.95. The molecule has 8 nitrogen and oxygen atoms in total. The summed E-state index contributed by atoms with van der Waals surface area (Å²) in [5, 5.41) is 8.20. The lowest BCUT2D eigenvalue weighted by molar-refractivity contribution is -0.127. The van der Waals surface area contributed by atoms with Crippen LogP contribution in [0.3, 0.4) is 0 Å². The van der Waals surface area contributed by atoms with Crippen LogP contribution in [0.2, 0.25) is 0 Å². The van der Waals surface area contributed by atoms with Crippen molar-refractivity contribution in [1.82, 2.24) is 20.9 Å². The maximum Gasteiger partial charge on any atom is 0.321 e. The molecule has 2 heterocycles. The van der Waals surface area contributed by atoms with Gasteiger partial charge >= 0.3 is 6.03 Å². The fourth-order valence-electron chi connectivity index (χ4n) is 3.92. The predicted molar refractivity (Wildman–Crippen MR) is 103 cm³/mol. The fraction of sp³-hybridized carbons (Fsp3) is 0.650. The second kappa shape index (κ2) is 10.3. The molecular formula is C20H30N4O4. The maximum absolute atomic E-state index is 12.3. The molecule has 1 saturated carbocycles. The van der Waals surface area contributed by atoms with E-state index in [2.05, 4.69) is 16.0 Å². The number of hydrogen-bond acceptors (Lipinski definition) is 5. The van der Waals surface area contributed by atoms with Crippen LogP contribution in [-0.4, -0.2) is 48.4 Å². The second-order valence-corrected chi connectivity index (χ2v) is 7.70. The Morgan fingerprint density at radius 1 is 1.07 bits per heavy atom. The number of nitrogens with one attached hydrogen (secondary N) is 3. The van der Waals surface area contributed by atoms with Crippen LogP contribution in [0.1, 0.15) is 50.7 Å². The molecule has 2 aliphatic rings. The van der Waals surface area contributed by atoms with Gasteiger partial charge in [-0.15, -0.1) is 0 Å². The van der Waals surface area contributed by atoms with E-state index in [4.69, 9.17) is 4.42 Å². The molecule has 0 radical (unpaired) electrons. The van der Waals surface area contributed by atoms with Crippen molar-refractivity contribution in [3.8, 4) is 0 Å². The number of hydrogen-bond donors (Lipinski definition) is 3. The predicted octanol–water partition coefficient (Wildman–Crippen LogP) is 1.77. The Morgan fingerprint density at radius 2 is 1.82 bits per heavy atom. The van der Waals surface area contributed by atoms with Crippen LogP contribution in [0.15, 0.2) is 22.8 Å². The third-order valence-electron chi connectivity index (χ3n) is 5.54. The highest BCUT2D eigenvalue weighted by atomic mass is 16.3. The van der Waals surface area contributed by atoms with Gasteiger partial charge in [0.25, 0.3) is 0 Å². The van der Waals surface area contributed by atoms with Gasteiger partial charge in [0.1, 0.15) is 5.76 Å². The van der Waals surface area contributed by atoms with Crippen molar-refractivity contribution in [3.05, 3.63) is 24.2 Å². The van der Waals surface area contributed by atoms with Crippen LogP contribution in [0, 0.1) is 5.92 Å². The molecule has 8 heteroatoms. The lowest BCUT2D eigenvalue weighted by Gasteiger charge is -2.30. The van der Waals surface area contributed by atoms with Gasteiger partial charge in [0.2, 0.25) is 11.8 Å². The van der Waals surface area contributed by atoms with E-state index in [0.29, 0.717) is 32.5 Å². The van der Waals surface area contributed by atoms with E-state index in [1.165, 1.54) is 6.42 Å². The smallest absolute Gasteiger partial charge is 0.321 e. The van der Waals surface area contributed by atoms with Crippen LogP contribution in [0.5, 0.6) is 0 Å². The maximum atomic E-state index is 12.3. The highest BCUT2D eigenvalue weighted by Crippen LogP contribution is 2.18. The Morgan fingerprint density at radius 3 is 2.50 bits per heavy atom. The van der Waals surface area contributed by atoms with Gasteiger partial charge in [-0.2, -0.15) is 0 Å². The summed E-state index contributed by atoms with van der Waals surface area (Å²) in [6.45, 7) is 1.90. The normalized spacial score (nSPS) is 19.1. The molecule has 1 aliphatic carbocycles. The molecule has 1 saturated heterocycles. The number of nitrogens with zero attached hydrogens (tertiary/aromatic N) is 1. The van der Waals surface area contributed by atoms with E-state index in [1.807, 2.05) is 11.0 Å². The van der Waals surface area contributed by atoms with Crippen molar-refractivity contribution in [3.63, 3.8) is 0 Å². The fourth-order valence-corrected chi connectivity index (χ4v) is 3.92. The van der Waals surface area contributed by atoms with Gasteiger partial charge < -0.3 is 15.1 Å². The third kappa shape index (κ3) is 6.37. The monoisotopic (exact) mass is 390 g/mol. The van der Waals surface area contributed by atoms with E-state index < -0.39 is 6.03 Å². The van der Waals surface area contributed by atoms with Crippen molar-refractivity contribution >= 4 is 17.8 Å². The van der Waals surface area contributed by atoms with Gasteiger partial charge in [0, 0.05) is 12.0 Å². The van der Waals surface area contributed by atoms with E-state index in [9.17, 15) is 14.4 Å². The lowest BCUT2D eigenvalue weighted by atomic mass is 9.96. The number of urea groups is 1. The quantitative estimate of drug-likeness (QED) is 0.687. The summed E-state index contributed by atoms with van der Waals surface area (Å²) in [7, 11) is 0. The number of imide groups is 1. The van der Waals surface area contributed by atoms with Gasteiger partial charge in [0.15, 0.2) is 0 Å². The summed E-state index contributed by atoms with van der Waals surface area (Å²) in [6.07, 6.45) is 8.42. The van der Waals surface area contributed by atoms with Gasteiger partial charge in [0.05, 0.1) is 19.4 Å². The van der Waals surface area contributed by atoms with Crippen molar-refractivity contribution in [2.24, 2.45) is 5.92 Å². The molecule has 1 aromatic heterocycles. The largest absolute Gasteiger partial charge is 0.467 e.